The van der Waals surface area contributed by atoms with Gasteiger partial charge in [-0.2, -0.15) is 0 Å². The van der Waals surface area contributed by atoms with Crippen LogP contribution < -0.4 is 4.74 Å². The number of aliphatic hydroxyl groups excluding tert-OH is 2. The number of allylic oxidation sites excluding steroid dienone is 3. The minimum Gasteiger partial charge on any atom is -0.497 e. The summed E-state index contributed by atoms with van der Waals surface area (Å²) >= 11 is 0. The maximum Gasteiger partial charge on any atom is 0.305 e. The fourth-order valence-electron chi connectivity index (χ4n) is 2.19. The molecule has 5 nitrogen and oxygen atoms in total. The summed E-state index contributed by atoms with van der Waals surface area (Å²) in [5.74, 6) is 11.8. The molecule has 0 spiro atoms. The Morgan fingerprint density at radius 3 is 2.66 bits per heavy atom. The van der Waals surface area contributed by atoms with Crippen molar-refractivity contribution in [1.29, 1.82) is 0 Å². The van der Waals surface area contributed by atoms with Crippen LogP contribution >= 0.6 is 0 Å². The molecule has 154 valence electrons. The number of hydrogen-bond donors (Lipinski definition) is 2. The van der Waals surface area contributed by atoms with Gasteiger partial charge in [-0.05, 0) is 50.1 Å². The fraction of sp³-hybridized carbons (Fsp3) is 0.375. The molecule has 2 atom stereocenters. The van der Waals surface area contributed by atoms with E-state index >= 15 is 0 Å². The summed E-state index contributed by atoms with van der Waals surface area (Å²) in [6, 6.07) is 7.40. The van der Waals surface area contributed by atoms with E-state index in [9.17, 15) is 15.0 Å². The van der Waals surface area contributed by atoms with Crippen LogP contribution in [0.1, 0.15) is 38.2 Å². The standard InChI is InChI=1S/C24H28O5/c1-3-29-24(27)15-9-14-22(26)12-7-5-4-6-11-21(25)13-8-10-20-16-18-23(28-2)19-17-20/h4-6,11,16-19,21-22,25-26H,3,9,13-15H2,1-2H3. The van der Waals surface area contributed by atoms with Crippen molar-refractivity contribution in [3.63, 3.8) is 0 Å². The van der Waals surface area contributed by atoms with Gasteiger partial charge in [0.1, 0.15) is 11.9 Å². The van der Waals surface area contributed by atoms with Crippen molar-refractivity contribution < 1.29 is 24.5 Å². The van der Waals surface area contributed by atoms with E-state index in [1.54, 1.807) is 38.3 Å². The van der Waals surface area contributed by atoms with Gasteiger partial charge in [0.15, 0.2) is 0 Å². The molecule has 2 N–H and O–H groups in total. The zero-order valence-corrected chi connectivity index (χ0v) is 16.9. The van der Waals surface area contributed by atoms with Crippen LogP contribution in [0.2, 0.25) is 0 Å². The van der Waals surface area contributed by atoms with Gasteiger partial charge in [-0.25, -0.2) is 0 Å². The highest BCUT2D eigenvalue weighted by Crippen LogP contribution is 2.10. The van der Waals surface area contributed by atoms with Crippen molar-refractivity contribution in [3.05, 3.63) is 54.1 Å². The van der Waals surface area contributed by atoms with Gasteiger partial charge in [-0.3, -0.25) is 4.79 Å². The second-order valence-electron chi connectivity index (χ2n) is 6.05. The summed E-state index contributed by atoms with van der Waals surface area (Å²) in [5.41, 5.74) is 0.859. The number of esters is 1. The molecule has 5 heteroatoms. The SMILES string of the molecule is CCOC(=O)CCCC(O)C#CC=CC=CC(O)CC#Cc1ccc(OC)cc1. The Morgan fingerprint density at radius 2 is 1.97 bits per heavy atom. The first-order valence-electron chi connectivity index (χ1n) is 9.54. The van der Waals surface area contributed by atoms with Crippen LogP contribution in [0.25, 0.3) is 0 Å². The van der Waals surface area contributed by atoms with Gasteiger partial charge >= 0.3 is 5.97 Å². The average molecular weight is 396 g/mol. The number of rotatable bonds is 9. The number of carbonyl (C=O) groups excluding carboxylic acids is 1. The van der Waals surface area contributed by atoms with Crippen LogP contribution in [-0.4, -0.2) is 42.1 Å². The van der Waals surface area contributed by atoms with Gasteiger partial charge in [0.2, 0.25) is 0 Å². The molecule has 0 radical (unpaired) electrons. The highest BCUT2D eigenvalue weighted by Gasteiger charge is 2.04. The first-order valence-corrected chi connectivity index (χ1v) is 9.54. The van der Waals surface area contributed by atoms with Crippen molar-refractivity contribution in [2.45, 2.75) is 44.8 Å². The maximum atomic E-state index is 11.2. The molecular formula is C24H28O5. The van der Waals surface area contributed by atoms with Gasteiger partial charge in [-0.1, -0.05) is 41.9 Å². The molecule has 1 aromatic rings. The predicted octanol–water partition coefficient (Wildman–Crippen LogP) is 3.01. The van der Waals surface area contributed by atoms with E-state index in [1.807, 2.05) is 24.3 Å². The van der Waals surface area contributed by atoms with Gasteiger partial charge < -0.3 is 19.7 Å². The summed E-state index contributed by atoms with van der Waals surface area (Å²) in [5, 5.41) is 19.6. The lowest BCUT2D eigenvalue weighted by Gasteiger charge is -2.03. The number of ether oxygens (including phenoxy) is 2. The van der Waals surface area contributed by atoms with Crippen molar-refractivity contribution in [3.8, 4) is 29.4 Å². The molecule has 0 bridgehead atoms. The number of hydrogen-bond acceptors (Lipinski definition) is 5. The van der Waals surface area contributed by atoms with E-state index in [-0.39, 0.29) is 12.4 Å². The Bertz CT molecular complexity index is 785. The molecule has 0 aromatic heterocycles. The molecule has 29 heavy (non-hydrogen) atoms. The van der Waals surface area contributed by atoms with Crippen molar-refractivity contribution in [2.75, 3.05) is 13.7 Å². The van der Waals surface area contributed by atoms with Crippen molar-refractivity contribution >= 4 is 5.97 Å². The highest BCUT2D eigenvalue weighted by atomic mass is 16.5. The quantitative estimate of drug-likeness (QED) is 0.381. The van der Waals surface area contributed by atoms with Crippen LogP contribution in [-0.2, 0) is 9.53 Å². The van der Waals surface area contributed by atoms with E-state index in [1.165, 1.54) is 0 Å². The zero-order chi connectivity index (χ0) is 21.3. The molecule has 0 fully saturated rings. The van der Waals surface area contributed by atoms with Crippen molar-refractivity contribution in [1.82, 2.24) is 0 Å². The van der Waals surface area contributed by atoms with Crippen LogP contribution in [0.4, 0.5) is 0 Å². The smallest absolute Gasteiger partial charge is 0.305 e. The summed E-state index contributed by atoms with van der Waals surface area (Å²) in [6.07, 6.45) is 6.66. The third-order valence-corrected chi connectivity index (χ3v) is 3.67. The first-order chi connectivity index (χ1) is 14.0. The number of methoxy groups -OCH3 is 1. The zero-order valence-electron chi connectivity index (χ0n) is 16.9. The molecule has 0 heterocycles. The van der Waals surface area contributed by atoms with Crippen LogP contribution in [0, 0.1) is 23.7 Å². The summed E-state index contributed by atoms with van der Waals surface area (Å²) in [6.45, 7) is 2.12. The lowest BCUT2D eigenvalue weighted by atomic mass is 10.1. The average Bonchev–Trinajstić information content (AvgIpc) is 2.71. The highest BCUT2D eigenvalue weighted by molar-refractivity contribution is 5.69. The topological polar surface area (TPSA) is 76.0 Å². The molecule has 0 saturated heterocycles. The Balaban J connectivity index is 2.28. The lowest BCUT2D eigenvalue weighted by molar-refractivity contribution is -0.143. The second-order valence-corrected chi connectivity index (χ2v) is 6.05. The summed E-state index contributed by atoms with van der Waals surface area (Å²) in [4.78, 5) is 11.2. The van der Waals surface area contributed by atoms with Gasteiger partial charge in [0.05, 0.1) is 19.8 Å². The normalized spacial score (nSPS) is 12.6. The van der Waals surface area contributed by atoms with Crippen molar-refractivity contribution in [2.24, 2.45) is 0 Å². The minimum absolute atomic E-state index is 0.259. The summed E-state index contributed by atoms with van der Waals surface area (Å²) < 4.78 is 9.90. The molecule has 0 aliphatic heterocycles. The monoisotopic (exact) mass is 396 g/mol. The third kappa shape index (κ3) is 12.2. The molecule has 0 aliphatic rings. The predicted molar refractivity (Wildman–Crippen MR) is 113 cm³/mol. The number of carbonyl (C=O) groups is 1. The lowest BCUT2D eigenvalue weighted by Crippen LogP contribution is -2.07. The molecule has 1 rings (SSSR count). The number of aliphatic hydroxyl groups is 2. The van der Waals surface area contributed by atoms with E-state index in [2.05, 4.69) is 23.7 Å². The van der Waals surface area contributed by atoms with Gasteiger partial charge in [0.25, 0.3) is 0 Å². The van der Waals surface area contributed by atoms with E-state index in [0.29, 0.717) is 25.9 Å². The first kappa shape index (κ1) is 24.0. The van der Waals surface area contributed by atoms with E-state index < -0.39 is 12.2 Å². The Labute approximate surface area is 173 Å². The van der Waals surface area contributed by atoms with Crippen LogP contribution in [0.3, 0.4) is 0 Å². The summed E-state index contributed by atoms with van der Waals surface area (Å²) in [7, 11) is 1.61. The largest absolute Gasteiger partial charge is 0.497 e. The number of benzene rings is 1. The molecule has 2 unspecified atom stereocenters. The minimum atomic E-state index is -0.781. The van der Waals surface area contributed by atoms with Gasteiger partial charge in [-0.15, -0.1) is 0 Å². The Kier molecular flexibility index (Phi) is 12.4. The molecule has 0 amide bonds. The second kappa shape index (κ2) is 15.0. The van der Waals surface area contributed by atoms with Crippen LogP contribution in [0.15, 0.2) is 48.6 Å². The molecular weight excluding hydrogens is 368 g/mol. The van der Waals surface area contributed by atoms with E-state index in [4.69, 9.17) is 9.47 Å². The molecule has 0 aliphatic carbocycles. The van der Waals surface area contributed by atoms with Crippen LogP contribution in [0.5, 0.6) is 5.75 Å². The molecule has 1 aromatic carbocycles. The fourth-order valence-corrected chi connectivity index (χ4v) is 2.19. The molecule has 0 saturated carbocycles. The Hall–Kier alpha value is -2.99. The Morgan fingerprint density at radius 1 is 1.21 bits per heavy atom. The van der Waals surface area contributed by atoms with E-state index in [0.717, 1.165) is 11.3 Å². The van der Waals surface area contributed by atoms with Gasteiger partial charge in [0, 0.05) is 18.4 Å². The maximum absolute atomic E-state index is 11.2. The third-order valence-electron chi connectivity index (χ3n) is 3.67.